The molecule has 16 heavy (non-hydrogen) atoms. The third-order valence-corrected chi connectivity index (χ3v) is 3.03. The molecule has 0 aliphatic heterocycles. The van der Waals surface area contributed by atoms with Gasteiger partial charge in [0.2, 0.25) is 0 Å². The van der Waals surface area contributed by atoms with Crippen LogP contribution >= 0.6 is 11.3 Å². The van der Waals surface area contributed by atoms with Crippen molar-refractivity contribution < 1.29 is 9.53 Å². The molecule has 0 atom stereocenters. The average Bonchev–Trinajstić information content (AvgIpc) is 2.86. The van der Waals surface area contributed by atoms with E-state index in [0.717, 1.165) is 10.6 Å². The monoisotopic (exact) mass is 236 g/mol. The number of thiophene rings is 1. The quantitative estimate of drug-likeness (QED) is 0.768. The van der Waals surface area contributed by atoms with Crippen molar-refractivity contribution in [2.45, 2.75) is 6.92 Å². The van der Waals surface area contributed by atoms with Gasteiger partial charge in [0, 0.05) is 7.05 Å². The molecular formula is C11H12N2O2S. The van der Waals surface area contributed by atoms with Crippen LogP contribution in [0, 0.1) is 0 Å². The molecule has 0 fully saturated rings. The summed E-state index contributed by atoms with van der Waals surface area (Å²) < 4.78 is 6.59. The van der Waals surface area contributed by atoms with Gasteiger partial charge in [-0.2, -0.15) is 5.10 Å². The molecule has 0 spiro atoms. The zero-order chi connectivity index (χ0) is 11.5. The van der Waals surface area contributed by atoms with Crippen LogP contribution in [0.4, 0.5) is 0 Å². The highest BCUT2D eigenvalue weighted by molar-refractivity contribution is 7.13. The molecule has 0 saturated heterocycles. The second-order valence-electron chi connectivity index (χ2n) is 3.24. The van der Waals surface area contributed by atoms with Crippen molar-refractivity contribution in [3.05, 3.63) is 29.3 Å². The van der Waals surface area contributed by atoms with Gasteiger partial charge < -0.3 is 4.74 Å². The number of aromatic nitrogens is 2. The van der Waals surface area contributed by atoms with Crippen LogP contribution in [0.5, 0.6) is 0 Å². The van der Waals surface area contributed by atoms with Gasteiger partial charge in [-0.05, 0) is 24.4 Å². The van der Waals surface area contributed by atoms with Gasteiger partial charge in [-0.15, -0.1) is 11.3 Å². The lowest BCUT2D eigenvalue weighted by Crippen LogP contribution is -2.05. The molecule has 0 radical (unpaired) electrons. The lowest BCUT2D eigenvalue weighted by molar-refractivity contribution is 0.0518. The van der Waals surface area contributed by atoms with Gasteiger partial charge >= 0.3 is 5.97 Å². The molecule has 0 N–H and O–H groups in total. The first-order valence-corrected chi connectivity index (χ1v) is 5.85. The minimum atomic E-state index is -0.374. The highest BCUT2D eigenvalue weighted by Gasteiger charge is 2.14. The van der Waals surface area contributed by atoms with Crippen molar-refractivity contribution in [3.8, 4) is 10.6 Å². The van der Waals surface area contributed by atoms with Gasteiger partial charge in [-0.25, -0.2) is 4.79 Å². The predicted octanol–water partition coefficient (Wildman–Crippen LogP) is 2.33. The molecule has 2 aromatic rings. The first-order chi connectivity index (χ1) is 7.72. The Kier molecular flexibility index (Phi) is 3.05. The SMILES string of the molecule is CCOC(=O)c1cc(-c2cccs2)n(C)n1. The summed E-state index contributed by atoms with van der Waals surface area (Å²) in [6.07, 6.45) is 0. The molecule has 4 nitrogen and oxygen atoms in total. The molecule has 0 aliphatic rings. The van der Waals surface area contributed by atoms with Gasteiger partial charge in [-0.1, -0.05) is 6.07 Å². The number of hydrogen-bond acceptors (Lipinski definition) is 4. The van der Waals surface area contributed by atoms with Crippen LogP contribution in [0.2, 0.25) is 0 Å². The zero-order valence-electron chi connectivity index (χ0n) is 9.14. The number of esters is 1. The Balaban J connectivity index is 2.32. The Bertz CT molecular complexity index is 488. The van der Waals surface area contributed by atoms with Gasteiger partial charge in [0.15, 0.2) is 5.69 Å². The molecule has 2 rings (SSSR count). The summed E-state index contributed by atoms with van der Waals surface area (Å²) in [5, 5.41) is 6.13. The van der Waals surface area contributed by atoms with E-state index >= 15 is 0 Å². The maximum Gasteiger partial charge on any atom is 0.358 e. The van der Waals surface area contributed by atoms with Crippen molar-refractivity contribution in [2.75, 3.05) is 6.61 Å². The Morgan fingerprint density at radius 2 is 2.44 bits per heavy atom. The lowest BCUT2D eigenvalue weighted by atomic mass is 10.3. The lowest BCUT2D eigenvalue weighted by Gasteiger charge is -1.95. The van der Waals surface area contributed by atoms with Crippen LogP contribution in [0.3, 0.4) is 0 Å². The van der Waals surface area contributed by atoms with Crippen LogP contribution in [0.15, 0.2) is 23.6 Å². The number of nitrogens with zero attached hydrogens (tertiary/aromatic N) is 2. The molecule has 0 unspecified atom stereocenters. The summed E-state index contributed by atoms with van der Waals surface area (Å²) in [6.45, 7) is 2.14. The minimum absolute atomic E-state index is 0.354. The topological polar surface area (TPSA) is 44.1 Å². The number of hydrogen-bond donors (Lipinski definition) is 0. The minimum Gasteiger partial charge on any atom is -0.461 e. The molecule has 0 aliphatic carbocycles. The number of aryl methyl sites for hydroxylation is 1. The van der Waals surface area contributed by atoms with Crippen LogP contribution in [0.25, 0.3) is 10.6 Å². The molecular weight excluding hydrogens is 224 g/mol. The maximum atomic E-state index is 11.5. The van der Waals surface area contributed by atoms with E-state index in [1.807, 2.05) is 24.6 Å². The maximum absolute atomic E-state index is 11.5. The Labute approximate surface area is 97.5 Å². The smallest absolute Gasteiger partial charge is 0.358 e. The van der Waals surface area contributed by atoms with Crippen molar-refractivity contribution in [3.63, 3.8) is 0 Å². The van der Waals surface area contributed by atoms with Gasteiger partial charge in [-0.3, -0.25) is 4.68 Å². The van der Waals surface area contributed by atoms with E-state index in [1.54, 1.807) is 29.0 Å². The van der Waals surface area contributed by atoms with Crippen molar-refractivity contribution >= 4 is 17.3 Å². The number of ether oxygens (including phenoxy) is 1. The molecule has 2 aromatic heterocycles. The highest BCUT2D eigenvalue weighted by Crippen LogP contribution is 2.24. The summed E-state index contributed by atoms with van der Waals surface area (Å²) in [5.41, 5.74) is 1.28. The first kappa shape index (κ1) is 10.9. The van der Waals surface area contributed by atoms with Gasteiger partial charge in [0.1, 0.15) is 0 Å². The normalized spacial score (nSPS) is 10.4. The molecule has 5 heteroatoms. The van der Waals surface area contributed by atoms with Crippen LogP contribution in [-0.4, -0.2) is 22.4 Å². The number of carbonyl (C=O) groups excluding carboxylic acids is 1. The Morgan fingerprint density at radius 1 is 1.62 bits per heavy atom. The molecule has 0 amide bonds. The predicted molar refractivity (Wildman–Crippen MR) is 62.5 cm³/mol. The second kappa shape index (κ2) is 4.49. The van der Waals surface area contributed by atoms with E-state index in [1.165, 1.54) is 0 Å². The van der Waals surface area contributed by atoms with Gasteiger partial charge in [0.05, 0.1) is 17.2 Å². The summed E-state index contributed by atoms with van der Waals surface area (Å²) in [4.78, 5) is 12.6. The van der Waals surface area contributed by atoms with Crippen LogP contribution in [-0.2, 0) is 11.8 Å². The van der Waals surface area contributed by atoms with E-state index in [2.05, 4.69) is 5.10 Å². The second-order valence-corrected chi connectivity index (χ2v) is 4.18. The fraction of sp³-hybridized carbons (Fsp3) is 0.273. The zero-order valence-corrected chi connectivity index (χ0v) is 9.95. The third kappa shape index (κ3) is 1.99. The molecule has 0 saturated carbocycles. The van der Waals surface area contributed by atoms with E-state index in [0.29, 0.717) is 12.3 Å². The van der Waals surface area contributed by atoms with Crippen LogP contribution in [0.1, 0.15) is 17.4 Å². The number of carbonyl (C=O) groups is 1. The first-order valence-electron chi connectivity index (χ1n) is 4.97. The van der Waals surface area contributed by atoms with Crippen molar-refractivity contribution in [1.29, 1.82) is 0 Å². The standard InChI is InChI=1S/C11H12N2O2S/c1-3-15-11(14)8-7-9(13(2)12-8)10-5-4-6-16-10/h4-7H,3H2,1-2H3. The average molecular weight is 236 g/mol. The Hall–Kier alpha value is -1.62. The number of rotatable bonds is 3. The summed E-state index contributed by atoms with van der Waals surface area (Å²) in [7, 11) is 1.82. The molecule has 0 aromatic carbocycles. The summed E-state index contributed by atoms with van der Waals surface area (Å²) >= 11 is 1.62. The fourth-order valence-electron chi connectivity index (χ4n) is 1.43. The largest absolute Gasteiger partial charge is 0.461 e. The van der Waals surface area contributed by atoms with Crippen molar-refractivity contribution in [1.82, 2.24) is 9.78 Å². The van der Waals surface area contributed by atoms with E-state index in [9.17, 15) is 4.79 Å². The highest BCUT2D eigenvalue weighted by atomic mass is 32.1. The summed E-state index contributed by atoms with van der Waals surface area (Å²) in [5.74, 6) is -0.374. The molecule has 2 heterocycles. The third-order valence-electron chi connectivity index (χ3n) is 2.14. The van der Waals surface area contributed by atoms with E-state index in [4.69, 9.17) is 4.74 Å². The Morgan fingerprint density at radius 3 is 3.06 bits per heavy atom. The molecule has 0 bridgehead atoms. The van der Waals surface area contributed by atoms with Crippen LogP contribution < -0.4 is 0 Å². The molecule has 84 valence electrons. The fourth-order valence-corrected chi connectivity index (χ4v) is 2.20. The summed E-state index contributed by atoms with van der Waals surface area (Å²) in [6, 6.07) is 5.72. The van der Waals surface area contributed by atoms with Gasteiger partial charge in [0.25, 0.3) is 0 Å². The van der Waals surface area contributed by atoms with E-state index in [-0.39, 0.29) is 5.97 Å². The van der Waals surface area contributed by atoms with Crippen molar-refractivity contribution in [2.24, 2.45) is 7.05 Å². The van der Waals surface area contributed by atoms with E-state index < -0.39 is 0 Å².